The molecule has 3 aromatic carbocycles. The fourth-order valence-electron chi connectivity index (χ4n) is 6.32. The predicted octanol–water partition coefficient (Wildman–Crippen LogP) is 5.39. The van der Waals surface area contributed by atoms with E-state index in [0.717, 1.165) is 37.2 Å². The summed E-state index contributed by atoms with van der Waals surface area (Å²) in [5.41, 5.74) is 4.02. The first-order valence-electron chi connectivity index (χ1n) is 15.7. The molecule has 44 heavy (non-hydrogen) atoms. The number of urea groups is 1. The van der Waals surface area contributed by atoms with Gasteiger partial charge < -0.3 is 20.0 Å². The standard InChI is InChI=1S/C35H43ClFN5O2/c1-3-39(4-2)25-33(30-11-7-8-12-31(30)37)40-19-21-41(22-20-40)34(43)32(23-26-13-15-29(36)16-14-26)38-35(44)42-18-17-27-9-5-6-10-28(27)24-42/h5-16,32-33H,3-4,17-25H2,1-2H3,(H,38,44)/t32-,33?/m1/s1. The van der Waals surface area contributed by atoms with Crippen LogP contribution in [0.2, 0.25) is 5.02 Å². The van der Waals surface area contributed by atoms with Crippen LogP contribution in [0.25, 0.3) is 0 Å². The van der Waals surface area contributed by atoms with E-state index in [4.69, 9.17) is 11.6 Å². The average Bonchev–Trinajstić information content (AvgIpc) is 3.06. The minimum atomic E-state index is -0.717. The highest BCUT2D eigenvalue weighted by atomic mass is 35.5. The van der Waals surface area contributed by atoms with Gasteiger partial charge in [-0.15, -0.1) is 0 Å². The highest BCUT2D eigenvalue weighted by molar-refractivity contribution is 6.30. The molecule has 5 rings (SSSR count). The molecule has 3 amide bonds. The highest BCUT2D eigenvalue weighted by Crippen LogP contribution is 2.26. The first-order chi connectivity index (χ1) is 21.4. The zero-order valence-electron chi connectivity index (χ0n) is 25.7. The van der Waals surface area contributed by atoms with Gasteiger partial charge in [0.2, 0.25) is 5.91 Å². The van der Waals surface area contributed by atoms with Crippen LogP contribution in [0.5, 0.6) is 0 Å². The zero-order chi connectivity index (χ0) is 31.1. The molecule has 0 radical (unpaired) electrons. The summed E-state index contributed by atoms with van der Waals surface area (Å²) in [6, 6.07) is 21.5. The van der Waals surface area contributed by atoms with Crippen molar-refractivity contribution in [1.82, 2.24) is 24.9 Å². The van der Waals surface area contributed by atoms with Gasteiger partial charge in [0.15, 0.2) is 0 Å². The van der Waals surface area contributed by atoms with Crippen molar-refractivity contribution in [2.75, 3.05) is 52.4 Å². The Morgan fingerprint density at radius 3 is 2.20 bits per heavy atom. The largest absolute Gasteiger partial charge is 0.338 e. The Bertz CT molecular complexity index is 1410. The van der Waals surface area contributed by atoms with E-state index in [2.05, 4.69) is 41.1 Å². The molecule has 1 N–H and O–H groups in total. The monoisotopic (exact) mass is 619 g/mol. The van der Waals surface area contributed by atoms with Crippen molar-refractivity contribution in [3.05, 3.63) is 106 Å². The molecular weight excluding hydrogens is 577 g/mol. The SMILES string of the molecule is CCN(CC)CC(c1ccccc1F)N1CCN(C(=O)[C@@H](Cc2ccc(Cl)cc2)NC(=O)N2CCc3ccccc3C2)CC1. The number of hydrogen-bond donors (Lipinski definition) is 1. The second-order valence-electron chi connectivity index (χ2n) is 11.7. The first kappa shape index (κ1) is 31.9. The van der Waals surface area contributed by atoms with Crippen LogP contribution in [0.3, 0.4) is 0 Å². The lowest BCUT2D eigenvalue weighted by molar-refractivity contribution is -0.135. The summed E-state index contributed by atoms with van der Waals surface area (Å²) >= 11 is 6.12. The van der Waals surface area contributed by atoms with Gasteiger partial charge >= 0.3 is 6.03 Å². The number of benzene rings is 3. The molecule has 2 atom stereocenters. The summed E-state index contributed by atoms with van der Waals surface area (Å²) < 4.78 is 15.0. The molecule has 2 heterocycles. The van der Waals surface area contributed by atoms with Crippen molar-refractivity contribution >= 4 is 23.5 Å². The van der Waals surface area contributed by atoms with Crippen LogP contribution in [-0.4, -0.2) is 89.9 Å². The molecule has 2 aliphatic heterocycles. The molecule has 234 valence electrons. The molecule has 3 aromatic rings. The van der Waals surface area contributed by atoms with Crippen LogP contribution in [0.1, 0.15) is 42.1 Å². The molecule has 1 saturated heterocycles. The molecule has 0 aliphatic carbocycles. The third kappa shape index (κ3) is 7.78. The van der Waals surface area contributed by atoms with E-state index in [0.29, 0.717) is 56.3 Å². The Morgan fingerprint density at radius 2 is 1.52 bits per heavy atom. The fourth-order valence-corrected chi connectivity index (χ4v) is 6.45. The Balaban J connectivity index is 1.29. The molecule has 2 aliphatic rings. The van der Waals surface area contributed by atoms with Gasteiger partial charge in [0, 0.05) is 62.8 Å². The number of nitrogens with zero attached hydrogens (tertiary/aromatic N) is 4. The summed E-state index contributed by atoms with van der Waals surface area (Å²) in [4.78, 5) is 35.8. The summed E-state index contributed by atoms with van der Waals surface area (Å²) in [5, 5.41) is 3.70. The van der Waals surface area contributed by atoms with Crippen LogP contribution in [0.15, 0.2) is 72.8 Å². The number of nitrogens with one attached hydrogen (secondary N) is 1. The lowest BCUT2D eigenvalue weighted by Gasteiger charge is -2.42. The maximum absolute atomic E-state index is 15.0. The zero-order valence-corrected chi connectivity index (χ0v) is 26.5. The van der Waals surface area contributed by atoms with E-state index in [1.807, 2.05) is 41.3 Å². The van der Waals surface area contributed by atoms with Crippen LogP contribution >= 0.6 is 11.6 Å². The summed E-state index contributed by atoms with van der Waals surface area (Å²) in [6.45, 7) is 10.1. The third-order valence-electron chi connectivity index (χ3n) is 9.02. The molecular formula is C35H43ClFN5O2. The summed E-state index contributed by atoms with van der Waals surface area (Å²) in [5.74, 6) is -0.300. The minimum absolute atomic E-state index is 0.100. The van der Waals surface area contributed by atoms with E-state index in [9.17, 15) is 14.0 Å². The molecule has 9 heteroatoms. The van der Waals surface area contributed by atoms with Crippen LogP contribution < -0.4 is 5.32 Å². The molecule has 0 saturated carbocycles. The van der Waals surface area contributed by atoms with Gasteiger partial charge in [-0.3, -0.25) is 9.69 Å². The van der Waals surface area contributed by atoms with Gasteiger partial charge in [-0.25, -0.2) is 9.18 Å². The Morgan fingerprint density at radius 1 is 0.864 bits per heavy atom. The summed E-state index contributed by atoms with van der Waals surface area (Å²) in [7, 11) is 0. The van der Waals surface area contributed by atoms with Gasteiger partial charge in [-0.1, -0.05) is 80.0 Å². The Kier molecular flexibility index (Phi) is 10.9. The number of rotatable bonds is 10. The quantitative estimate of drug-likeness (QED) is 0.331. The predicted molar refractivity (Wildman–Crippen MR) is 173 cm³/mol. The number of piperazine rings is 1. The Labute approximate surface area is 265 Å². The van der Waals surface area contributed by atoms with E-state index in [-0.39, 0.29) is 23.8 Å². The van der Waals surface area contributed by atoms with Crippen LogP contribution in [0, 0.1) is 5.82 Å². The van der Waals surface area contributed by atoms with Gasteiger partial charge in [0.1, 0.15) is 11.9 Å². The average molecular weight is 620 g/mol. The van der Waals surface area contributed by atoms with Crippen molar-refractivity contribution < 1.29 is 14.0 Å². The van der Waals surface area contributed by atoms with Crippen molar-refractivity contribution in [2.24, 2.45) is 0 Å². The molecule has 1 unspecified atom stereocenters. The number of fused-ring (bicyclic) bond motifs is 1. The van der Waals surface area contributed by atoms with Gasteiger partial charge in [0.25, 0.3) is 0 Å². The van der Waals surface area contributed by atoms with Gasteiger partial charge in [-0.2, -0.15) is 0 Å². The van der Waals surface area contributed by atoms with E-state index >= 15 is 0 Å². The number of amides is 3. The number of hydrogen-bond acceptors (Lipinski definition) is 4. The maximum atomic E-state index is 15.0. The molecule has 0 bridgehead atoms. The number of halogens is 2. The second kappa shape index (κ2) is 15.0. The maximum Gasteiger partial charge on any atom is 0.318 e. The van der Waals surface area contributed by atoms with Gasteiger partial charge in [-0.05, 0) is 54.4 Å². The topological polar surface area (TPSA) is 59.1 Å². The van der Waals surface area contributed by atoms with Gasteiger partial charge in [0.05, 0.1) is 6.04 Å². The first-order valence-corrected chi connectivity index (χ1v) is 16.1. The van der Waals surface area contributed by atoms with Crippen LogP contribution in [-0.2, 0) is 24.2 Å². The van der Waals surface area contributed by atoms with Crippen molar-refractivity contribution in [1.29, 1.82) is 0 Å². The number of carbonyl (C=O) groups excluding carboxylic acids is 2. The number of likely N-dealkylation sites (N-methyl/N-ethyl adjacent to an activating group) is 1. The van der Waals surface area contributed by atoms with Crippen molar-refractivity contribution in [2.45, 2.75) is 45.3 Å². The molecule has 7 nitrogen and oxygen atoms in total. The van der Waals surface area contributed by atoms with E-state index in [1.54, 1.807) is 23.1 Å². The number of carbonyl (C=O) groups is 2. The van der Waals surface area contributed by atoms with Crippen LogP contribution in [0.4, 0.5) is 9.18 Å². The Hall–Kier alpha value is -3.46. The normalized spacial score (nSPS) is 16.8. The summed E-state index contributed by atoms with van der Waals surface area (Å²) in [6.07, 6.45) is 1.16. The lowest BCUT2D eigenvalue weighted by Crippen LogP contribution is -2.58. The van der Waals surface area contributed by atoms with E-state index in [1.165, 1.54) is 11.6 Å². The van der Waals surface area contributed by atoms with Crippen molar-refractivity contribution in [3.8, 4) is 0 Å². The van der Waals surface area contributed by atoms with E-state index < -0.39 is 6.04 Å². The fraction of sp³-hybridized carbons (Fsp3) is 0.429. The molecule has 1 fully saturated rings. The smallest absolute Gasteiger partial charge is 0.318 e. The third-order valence-corrected chi connectivity index (χ3v) is 9.28. The molecule has 0 spiro atoms. The molecule has 0 aromatic heterocycles. The minimum Gasteiger partial charge on any atom is -0.338 e. The highest BCUT2D eigenvalue weighted by Gasteiger charge is 2.33. The lowest BCUT2D eigenvalue weighted by atomic mass is 10.00. The van der Waals surface area contributed by atoms with Crippen molar-refractivity contribution in [3.63, 3.8) is 0 Å². The second-order valence-corrected chi connectivity index (χ2v) is 12.1.